The lowest BCUT2D eigenvalue weighted by molar-refractivity contribution is 0.621. The molecule has 1 aliphatic rings. The Balaban J connectivity index is 1.96. The van der Waals surface area contributed by atoms with Crippen LogP contribution in [0, 0.1) is 6.92 Å². The molecule has 0 atom stereocenters. The summed E-state index contributed by atoms with van der Waals surface area (Å²) in [4.78, 5) is 0. The third-order valence-electron chi connectivity index (χ3n) is 2.44. The standard InChI is InChI=1S/C12H14ClN3/c1-9-4-2-3-5-10(9)8-14-12-7-6-11(13)15-16-12/h2-7,14-16H,8H2,1H3. The maximum atomic E-state index is 5.74. The lowest BCUT2D eigenvalue weighted by Gasteiger charge is -2.18. The average Bonchev–Trinajstić information content (AvgIpc) is 2.30. The lowest BCUT2D eigenvalue weighted by atomic mass is 10.1. The summed E-state index contributed by atoms with van der Waals surface area (Å²) in [7, 11) is 0. The molecule has 3 N–H and O–H groups in total. The second-order valence-corrected chi connectivity index (χ2v) is 4.03. The van der Waals surface area contributed by atoms with Crippen molar-refractivity contribution in [2.75, 3.05) is 0 Å². The molecule has 0 spiro atoms. The number of aryl methyl sites for hydroxylation is 1. The smallest absolute Gasteiger partial charge is 0.120 e. The highest BCUT2D eigenvalue weighted by Gasteiger charge is 2.02. The Labute approximate surface area is 100 Å². The van der Waals surface area contributed by atoms with Crippen molar-refractivity contribution in [1.82, 2.24) is 16.2 Å². The molecule has 4 heteroatoms. The van der Waals surface area contributed by atoms with Crippen LogP contribution in [-0.2, 0) is 6.54 Å². The maximum Gasteiger partial charge on any atom is 0.120 e. The summed E-state index contributed by atoms with van der Waals surface area (Å²) < 4.78 is 0. The number of nitrogens with one attached hydrogen (secondary N) is 3. The van der Waals surface area contributed by atoms with E-state index in [2.05, 4.69) is 35.2 Å². The van der Waals surface area contributed by atoms with E-state index in [1.165, 1.54) is 11.1 Å². The number of benzene rings is 1. The highest BCUT2D eigenvalue weighted by atomic mass is 35.5. The van der Waals surface area contributed by atoms with E-state index in [0.29, 0.717) is 5.16 Å². The molecular formula is C12H14ClN3. The van der Waals surface area contributed by atoms with Gasteiger partial charge in [0.1, 0.15) is 11.0 Å². The molecule has 1 aromatic rings. The van der Waals surface area contributed by atoms with E-state index in [1.54, 1.807) is 6.08 Å². The first-order valence-corrected chi connectivity index (χ1v) is 5.51. The van der Waals surface area contributed by atoms with Crippen molar-refractivity contribution in [2.24, 2.45) is 0 Å². The molecule has 3 nitrogen and oxygen atoms in total. The molecule has 2 rings (SSSR count). The van der Waals surface area contributed by atoms with Gasteiger partial charge in [-0.1, -0.05) is 35.9 Å². The summed E-state index contributed by atoms with van der Waals surface area (Å²) >= 11 is 5.74. The van der Waals surface area contributed by atoms with Crippen LogP contribution in [0.5, 0.6) is 0 Å². The molecule has 0 aromatic heterocycles. The largest absolute Gasteiger partial charge is 0.366 e. The van der Waals surface area contributed by atoms with Gasteiger partial charge in [-0.25, -0.2) is 0 Å². The van der Waals surface area contributed by atoms with Gasteiger partial charge in [-0.3, -0.25) is 10.9 Å². The zero-order valence-corrected chi connectivity index (χ0v) is 9.81. The SMILES string of the molecule is Cc1ccccc1CNC1=CC=C(Cl)NN1. The van der Waals surface area contributed by atoms with Crippen LogP contribution in [0.2, 0.25) is 0 Å². The minimum Gasteiger partial charge on any atom is -0.366 e. The molecule has 0 unspecified atom stereocenters. The second-order valence-electron chi connectivity index (χ2n) is 3.62. The minimum absolute atomic E-state index is 0.585. The Kier molecular flexibility index (Phi) is 3.37. The minimum atomic E-state index is 0.585. The zero-order valence-electron chi connectivity index (χ0n) is 9.05. The Morgan fingerprint density at radius 2 is 2.00 bits per heavy atom. The van der Waals surface area contributed by atoms with E-state index in [0.717, 1.165) is 12.4 Å². The van der Waals surface area contributed by atoms with E-state index in [-0.39, 0.29) is 0 Å². The molecule has 0 saturated carbocycles. The van der Waals surface area contributed by atoms with Gasteiger partial charge < -0.3 is 5.32 Å². The van der Waals surface area contributed by atoms with E-state index in [4.69, 9.17) is 11.6 Å². The molecule has 0 radical (unpaired) electrons. The summed E-state index contributed by atoms with van der Waals surface area (Å²) in [6, 6.07) is 8.30. The Hall–Kier alpha value is -1.61. The number of rotatable bonds is 3. The Morgan fingerprint density at radius 3 is 2.69 bits per heavy atom. The van der Waals surface area contributed by atoms with Gasteiger partial charge in [0.05, 0.1) is 0 Å². The summed E-state index contributed by atoms with van der Waals surface area (Å²) in [5.74, 6) is 0.910. The van der Waals surface area contributed by atoms with Crippen LogP contribution in [0.25, 0.3) is 0 Å². The number of hydrazine groups is 1. The summed E-state index contributed by atoms with van der Waals surface area (Å²) in [6.07, 6.45) is 3.70. The summed E-state index contributed by atoms with van der Waals surface area (Å²) in [6.45, 7) is 2.90. The Morgan fingerprint density at radius 1 is 1.19 bits per heavy atom. The van der Waals surface area contributed by atoms with Crippen molar-refractivity contribution in [3.63, 3.8) is 0 Å². The van der Waals surface area contributed by atoms with Gasteiger partial charge in [0, 0.05) is 6.54 Å². The molecule has 0 bridgehead atoms. The van der Waals surface area contributed by atoms with Gasteiger partial charge >= 0.3 is 0 Å². The number of hydrogen-bond acceptors (Lipinski definition) is 3. The van der Waals surface area contributed by atoms with Crippen molar-refractivity contribution in [1.29, 1.82) is 0 Å². The fourth-order valence-corrected chi connectivity index (χ4v) is 1.58. The monoisotopic (exact) mass is 235 g/mol. The van der Waals surface area contributed by atoms with Gasteiger partial charge in [0.15, 0.2) is 0 Å². The number of hydrogen-bond donors (Lipinski definition) is 3. The quantitative estimate of drug-likeness (QED) is 0.703. The third kappa shape index (κ3) is 2.70. The average molecular weight is 236 g/mol. The summed E-state index contributed by atoms with van der Waals surface area (Å²) in [5, 5.41) is 3.87. The number of halogens is 1. The van der Waals surface area contributed by atoms with Crippen LogP contribution in [0.1, 0.15) is 11.1 Å². The van der Waals surface area contributed by atoms with Crippen molar-refractivity contribution in [3.05, 3.63) is 58.5 Å². The van der Waals surface area contributed by atoms with Gasteiger partial charge in [-0.2, -0.15) is 0 Å². The predicted molar refractivity (Wildman–Crippen MR) is 66.3 cm³/mol. The van der Waals surface area contributed by atoms with E-state index in [1.807, 2.05) is 18.2 Å². The molecule has 0 amide bonds. The zero-order chi connectivity index (χ0) is 11.4. The van der Waals surface area contributed by atoms with Crippen molar-refractivity contribution in [3.8, 4) is 0 Å². The first-order valence-electron chi connectivity index (χ1n) is 5.13. The molecule has 1 aliphatic heterocycles. The van der Waals surface area contributed by atoms with E-state index < -0.39 is 0 Å². The molecule has 84 valence electrons. The highest BCUT2D eigenvalue weighted by Crippen LogP contribution is 2.07. The van der Waals surface area contributed by atoms with Crippen LogP contribution in [0.4, 0.5) is 0 Å². The third-order valence-corrected chi connectivity index (χ3v) is 2.66. The van der Waals surface area contributed by atoms with Gasteiger partial charge in [-0.15, -0.1) is 0 Å². The normalized spacial score (nSPS) is 14.4. The van der Waals surface area contributed by atoms with Crippen LogP contribution in [0.15, 0.2) is 47.4 Å². The molecule has 0 fully saturated rings. The fraction of sp³-hybridized carbons (Fsp3) is 0.167. The van der Waals surface area contributed by atoms with Crippen LogP contribution in [0.3, 0.4) is 0 Å². The highest BCUT2D eigenvalue weighted by molar-refractivity contribution is 6.29. The second kappa shape index (κ2) is 4.94. The Bertz CT molecular complexity index is 438. The first kappa shape index (κ1) is 10.9. The van der Waals surface area contributed by atoms with Crippen molar-refractivity contribution in [2.45, 2.75) is 13.5 Å². The molecule has 1 heterocycles. The van der Waals surface area contributed by atoms with Gasteiger partial charge in [0.2, 0.25) is 0 Å². The lowest BCUT2D eigenvalue weighted by Crippen LogP contribution is -2.37. The first-order chi connectivity index (χ1) is 7.75. The molecular weight excluding hydrogens is 222 g/mol. The van der Waals surface area contributed by atoms with Gasteiger partial charge in [-0.05, 0) is 30.2 Å². The summed E-state index contributed by atoms with van der Waals surface area (Å²) in [5.41, 5.74) is 8.36. The van der Waals surface area contributed by atoms with Crippen molar-refractivity contribution < 1.29 is 0 Å². The van der Waals surface area contributed by atoms with Crippen LogP contribution < -0.4 is 16.2 Å². The molecule has 1 aromatic carbocycles. The predicted octanol–water partition coefficient (Wildman–Crippen LogP) is 2.11. The molecule has 16 heavy (non-hydrogen) atoms. The molecule has 0 saturated heterocycles. The van der Waals surface area contributed by atoms with Crippen molar-refractivity contribution >= 4 is 11.6 Å². The van der Waals surface area contributed by atoms with E-state index >= 15 is 0 Å². The van der Waals surface area contributed by atoms with E-state index in [9.17, 15) is 0 Å². The fourth-order valence-electron chi connectivity index (χ4n) is 1.47. The molecule has 0 aliphatic carbocycles. The van der Waals surface area contributed by atoms with Gasteiger partial charge in [0.25, 0.3) is 0 Å². The van der Waals surface area contributed by atoms with Crippen LogP contribution >= 0.6 is 11.6 Å². The van der Waals surface area contributed by atoms with Crippen LogP contribution in [-0.4, -0.2) is 0 Å². The maximum absolute atomic E-state index is 5.74. The number of allylic oxidation sites excluding steroid dienone is 2. The topological polar surface area (TPSA) is 36.1 Å².